The Kier molecular flexibility index (Phi) is 5.92. The number of nitrogens with two attached hydrogens (primary N) is 1. The Morgan fingerprint density at radius 2 is 1.86 bits per heavy atom. The second-order valence-corrected chi connectivity index (χ2v) is 5.92. The van der Waals surface area contributed by atoms with E-state index in [1.54, 1.807) is 55.6 Å². The molecule has 3 rings (SSSR count). The van der Waals surface area contributed by atoms with E-state index in [4.69, 9.17) is 22.7 Å². The van der Waals surface area contributed by atoms with E-state index in [0.29, 0.717) is 17.0 Å². The number of azo groups is 1. The van der Waals surface area contributed by atoms with Crippen molar-refractivity contribution in [2.24, 2.45) is 10.2 Å². The summed E-state index contributed by atoms with van der Waals surface area (Å²) >= 11 is 5.16. The van der Waals surface area contributed by atoms with E-state index in [-0.39, 0.29) is 28.3 Å². The summed E-state index contributed by atoms with van der Waals surface area (Å²) in [5.41, 5.74) is 7.21. The van der Waals surface area contributed by atoms with E-state index in [0.717, 1.165) is 0 Å². The van der Waals surface area contributed by atoms with Crippen LogP contribution in [0.25, 0.3) is 0 Å². The van der Waals surface area contributed by atoms with Gasteiger partial charge >= 0.3 is 0 Å². The lowest BCUT2D eigenvalue weighted by atomic mass is 10.2. The van der Waals surface area contributed by atoms with Gasteiger partial charge in [-0.3, -0.25) is 15.2 Å². The highest BCUT2D eigenvalue weighted by atomic mass is 32.1. The molecule has 2 aromatic carbocycles. The number of amides is 1. The number of anilines is 2. The number of aromatic nitrogens is 2. The molecule has 1 heterocycles. The van der Waals surface area contributed by atoms with Gasteiger partial charge in [0.1, 0.15) is 11.6 Å². The first-order valence-electron chi connectivity index (χ1n) is 8.14. The molecule has 0 saturated heterocycles. The predicted octanol–water partition coefficient (Wildman–Crippen LogP) is 3.54. The standard InChI is InChI=1S/C18H17N7O2S/c1-27-13-9-7-12(8-10-13)22-23-14-15(19)24-25-16(14)20-18(28)21-17(26)11-5-3-2-4-6-11/h2-10H,1H3,(H5,19,20,21,24,25,26,28). The third kappa shape index (κ3) is 4.68. The fourth-order valence-electron chi connectivity index (χ4n) is 2.20. The Hall–Kier alpha value is -3.79. The zero-order valence-corrected chi connectivity index (χ0v) is 15.7. The number of rotatable bonds is 5. The maximum atomic E-state index is 12.2. The largest absolute Gasteiger partial charge is 0.497 e. The first kappa shape index (κ1) is 19.0. The van der Waals surface area contributed by atoms with Crippen molar-refractivity contribution in [1.29, 1.82) is 0 Å². The maximum Gasteiger partial charge on any atom is 0.257 e. The van der Waals surface area contributed by atoms with Crippen molar-refractivity contribution in [3.8, 4) is 5.75 Å². The van der Waals surface area contributed by atoms with E-state index in [1.165, 1.54) is 0 Å². The van der Waals surface area contributed by atoms with E-state index < -0.39 is 0 Å². The second-order valence-electron chi connectivity index (χ2n) is 5.51. The van der Waals surface area contributed by atoms with Gasteiger partial charge in [-0.1, -0.05) is 18.2 Å². The van der Waals surface area contributed by atoms with Crippen molar-refractivity contribution in [3.05, 3.63) is 60.2 Å². The number of carbonyl (C=O) groups is 1. The van der Waals surface area contributed by atoms with Crippen LogP contribution in [-0.4, -0.2) is 28.3 Å². The van der Waals surface area contributed by atoms with Crippen LogP contribution in [0.15, 0.2) is 64.8 Å². The Bertz CT molecular complexity index is 1000. The molecule has 28 heavy (non-hydrogen) atoms. The molecular formula is C18H17N7O2S. The molecule has 0 aliphatic heterocycles. The average molecular weight is 395 g/mol. The zero-order valence-electron chi connectivity index (χ0n) is 14.8. The number of thiocarbonyl (C=S) groups is 1. The molecule has 10 heteroatoms. The van der Waals surface area contributed by atoms with Crippen molar-refractivity contribution >= 4 is 46.2 Å². The van der Waals surface area contributed by atoms with Crippen LogP contribution in [0.4, 0.5) is 23.0 Å². The van der Waals surface area contributed by atoms with E-state index >= 15 is 0 Å². The summed E-state index contributed by atoms with van der Waals surface area (Å²) in [6.07, 6.45) is 0. The van der Waals surface area contributed by atoms with Gasteiger partial charge in [-0.2, -0.15) is 10.2 Å². The van der Waals surface area contributed by atoms with Crippen molar-refractivity contribution < 1.29 is 9.53 Å². The molecule has 0 radical (unpaired) electrons. The summed E-state index contributed by atoms with van der Waals surface area (Å²) in [5.74, 6) is 0.816. The van der Waals surface area contributed by atoms with Gasteiger partial charge in [0.25, 0.3) is 5.91 Å². The SMILES string of the molecule is COc1ccc(N=Nc2c(NC(=S)NC(=O)c3ccccc3)n[nH]c2N)cc1. The molecule has 0 unspecified atom stereocenters. The lowest BCUT2D eigenvalue weighted by Gasteiger charge is -2.07. The van der Waals surface area contributed by atoms with Gasteiger partial charge in [0.2, 0.25) is 0 Å². The molecule has 9 nitrogen and oxygen atoms in total. The van der Waals surface area contributed by atoms with Gasteiger partial charge in [0.15, 0.2) is 16.6 Å². The molecule has 0 fully saturated rings. The van der Waals surface area contributed by atoms with Crippen molar-refractivity contribution in [2.45, 2.75) is 0 Å². The number of aromatic amines is 1. The molecule has 5 N–H and O–H groups in total. The number of benzene rings is 2. The normalized spacial score (nSPS) is 10.6. The van der Waals surface area contributed by atoms with Crippen LogP contribution in [0.2, 0.25) is 0 Å². The molecule has 0 aliphatic rings. The maximum absolute atomic E-state index is 12.2. The zero-order chi connectivity index (χ0) is 19.9. The minimum Gasteiger partial charge on any atom is -0.497 e. The molecule has 0 bridgehead atoms. The average Bonchev–Trinajstić information content (AvgIpc) is 3.06. The van der Waals surface area contributed by atoms with E-state index in [1.807, 2.05) is 6.07 Å². The summed E-state index contributed by atoms with van der Waals surface area (Å²) < 4.78 is 5.10. The molecule has 0 spiro atoms. The number of hydrogen-bond acceptors (Lipinski definition) is 7. The highest BCUT2D eigenvalue weighted by Crippen LogP contribution is 2.30. The van der Waals surface area contributed by atoms with Crippen LogP contribution in [-0.2, 0) is 0 Å². The molecule has 0 atom stereocenters. The van der Waals surface area contributed by atoms with Gasteiger partial charge in [-0.25, -0.2) is 0 Å². The molecule has 3 aromatic rings. The van der Waals surface area contributed by atoms with Crippen LogP contribution in [0.3, 0.4) is 0 Å². The Morgan fingerprint density at radius 3 is 2.54 bits per heavy atom. The lowest BCUT2D eigenvalue weighted by Crippen LogP contribution is -2.34. The van der Waals surface area contributed by atoms with E-state index in [2.05, 4.69) is 31.1 Å². The van der Waals surface area contributed by atoms with Crippen LogP contribution in [0.1, 0.15) is 10.4 Å². The lowest BCUT2D eigenvalue weighted by molar-refractivity contribution is 0.0977. The Labute approximate surface area is 166 Å². The number of nitrogen functional groups attached to an aromatic ring is 1. The van der Waals surface area contributed by atoms with Crippen LogP contribution in [0.5, 0.6) is 5.75 Å². The minimum absolute atomic E-state index is 0.0567. The summed E-state index contributed by atoms with van der Waals surface area (Å²) in [4.78, 5) is 12.2. The summed E-state index contributed by atoms with van der Waals surface area (Å²) in [6.45, 7) is 0. The third-order valence-corrected chi connectivity index (χ3v) is 3.80. The number of carbonyl (C=O) groups excluding carboxylic acids is 1. The quantitative estimate of drug-likeness (QED) is 0.386. The van der Waals surface area contributed by atoms with Crippen LogP contribution >= 0.6 is 12.2 Å². The molecule has 0 aliphatic carbocycles. The highest BCUT2D eigenvalue weighted by Gasteiger charge is 2.14. The van der Waals surface area contributed by atoms with Gasteiger partial charge in [0, 0.05) is 5.56 Å². The number of nitrogens with zero attached hydrogens (tertiary/aromatic N) is 3. The van der Waals surface area contributed by atoms with Crippen LogP contribution in [0, 0.1) is 0 Å². The topological polar surface area (TPSA) is 130 Å². The number of nitrogens with one attached hydrogen (secondary N) is 3. The van der Waals surface area contributed by atoms with Crippen molar-refractivity contribution in [1.82, 2.24) is 15.5 Å². The van der Waals surface area contributed by atoms with Gasteiger partial charge in [-0.05, 0) is 48.6 Å². The molecule has 0 saturated carbocycles. The fraction of sp³-hybridized carbons (Fsp3) is 0.0556. The van der Waals surface area contributed by atoms with Crippen LogP contribution < -0.4 is 21.1 Å². The van der Waals surface area contributed by atoms with Crippen molar-refractivity contribution in [3.63, 3.8) is 0 Å². The Morgan fingerprint density at radius 1 is 1.14 bits per heavy atom. The summed E-state index contributed by atoms with van der Waals surface area (Å²) in [6, 6.07) is 15.7. The first-order chi connectivity index (χ1) is 13.6. The second kappa shape index (κ2) is 8.73. The number of ether oxygens (including phenoxy) is 1. The van der Waals surface area contributed by atoms with Gasteiger partial charge in [-0.15, -0.1) is 5.11 Å². The molecule has 142 valence electrons. The van der Waals surface area contributed by atoms with E-state index in [9.17, 15) is 4.79 Å². The van der Waals surface area contributed by atoms with Gasteiger partial charge < -0.3 is 15.8 Å². The number of H-pyrrole nitrogens is 1. The fourth-order valence-corrected chi connectivity index (χ4v) is 2.39. The van der Waals surface area contributed by atoms with Crippen molar-refractivity contribution in [2.75, 3.05) is 18.2 Å². The molecular weight excluding hydrogens is 378 g/mol. The predicted molar refractivity (Wildman–Crippen MR) is 110 cm³/mol. The molecule has 1 amide bonds. The summed E-state index contributed by atoms with van der Waals surface area (Å²) in [7, 11) is 1.58. The van der Waals surface area contributed by atoms with Gasteiger partial charge in [0.05, 0.1) is 12.8 Å². The summed E-state index contributed by atoms with van der Waals surface area (Å²) in [5, 5.41) is 20.3. The molecule has 1 aromatic heterocycles. The first-order valence-corrected chi connectivity index (χ1v) is 8.54. The number of hydrogen-bond donors (Lipinski definition) is 4. The smallest absolute Gasteiger partial charge is 0.257 e. The third-order valence-electron chi connectivity index (χ3n) is 3.60. The number of methoxy groups -OCH3 is 1. The monoisotopic (exact) mass is 395 g/mol. The highest BCUT2D eigenvalue weighted by molar-refractivity contribution is 7.80. The Balaban J connectivity index is 1.69. The minimum atomic E-state index is -0.344.